The maximum Gasteiger partial charge on any atom is 0.259 e. The molecule has 0 bridgehead atoms. The van der Waals surface area contributed by atoms with Gasteiger partial charge >= 0.3 is 0 Å². The molecule has 2 aliphatic heterocycles. The third-order valence-electron chi connectivity index (χ3n) is 5.24. The van der Waals surface area contributed by atoms with Crippen molar-refractivity contribution in [1.29, 1.82) is 0 Å². The highest BCUT2D eigenvalue weighted by Gasteiger charge is 2.34. The first-order chi connectivity index (χ1) is 11.7. The summed E-state index contributed by atoms with van der Waals surface area (Å²) in [5.41, 5.74) is 2.38. The SMILES string of the molecule is CCC(CC)CN1C(=O)C(=CC(=O)N2CCCC2)c2ccccc21. The summed E-state index contributed by atoms with van der Waals surface area (Å²) in [5.74, 6) is 0.418. The summed E-state index contributed by atoms with van der Waals surface area (Å²) < 4.78 is 0. The molecule has 1 saturated heterocycles. The number of hydrogen-bond donors (Lipinski definition) is 0. The Morgan fingerprint density at radius 1 is 1.17 bits per heavy atom. The molecular weight excluding hydrogens is 300 g/mol. The van der Waals surface area contributed by atoms with Crippen LogP contribution in [0.3, 0.4) is 0 Å². The highest BCUT2D eigenvalue weighted by molar-refractivity contribution is 6.34. The first-order valence-electron chi connectivity index (χ1n) is 9.07. The third kappa shape index (κ3) is 3.10. The van der Waals surface area contributed by atoms with Crippen molar-refractivity contribution < 1.29 is 9.59 Å². The van der Waals surface area contributed by atoms with E-state index in [0.717, 1.165) is 56.6 Å². The largest absolute Gasteiger partial charge is 0.339 e. The number of para-hydroxylation sites is 1. The molecule has 0 aliphatic carbocycles. The van der Waals surface area contributed by atoms with E-state index in [1.165, 1.54) is 0 Å². The number of amides is 2. The van der Waals surface area contributed by atoms with Gasteiger partial charge in [0.25, 0.3) is 5.91 Å². The van der Waals surface area contributed by atoms with Gasteiger partial charge in [-0.3, -0.25) is 9.59 Å². The zero-order chi connectivity index (χ0) is 17.1. The van der Waals surface area contributed by atoms with Crippen molar-refractivity contribution >= 4 is 23.1 Å². The molecule has 3 rings (SSSR count). The minimum Gasteiger partial charge on any atom is -0.339 e. The summed E-state index contributed by atoms with van der Waals surface area (Å²) in [5, 5.41) is 0. The second kappa shape index (κ2) is 7.20. The monoisotopic (exact) mass is 326 g/mol. The van der Waals surface area contributed by atoms with E-state index in [-0.39, 0.29) is 11.8 Å². The number of carbonyl (C=O) groups is 2. The average Bonchev–Trinajstić information content (AvgIpc) is 3.22. The molecule has 4 heteroatoms. The molecule has 4 nitrogen and oxygen atoms in total. The molecular formula is C20H26N2O2. The van der Waals surface area contributed by atoms with Gasteiger partial charge in [-0.2, -0.15) is 0 Å². The van der Waals surface area contributed by atoms with Crippen molar-refractivity contribution in [2.75, 3.05) is 24.5 Å². The van der Waals surface area contributed by atoms with E-state index in [0.29, 0.717) is 11.5 Å². The number of benzene rings is 1. The Labute approximate surface area is 144 Å². The normalized spacial score (nSPS) is 18.8. The molecule has 1 aromatic rings. The van der Waals surface area contributed by atoms with Gasteiger partial charge in [0, 0.05) is 31.3 Å². The van der Waals surface area contributed by atoms with E-state index >= 15 is 0 Å². The molecule has 0 atom stereocenters. The van der Waals surface area contributed by atoms with Crippen molar-refractivity contribution in [3.05, 3.63) is 35.9 Å². The fourth-order valence-electron chi connectivity index (χ4n) is 3.58. The van der Waals surface area contributed by atoms with Crippen LogP contribution in [-0.4, -0.2) is 36.3 Å². The lowest BCUT2D eigenvalue weighted by Gasteiger charge is -2.22. The minimum absolute atomic E-state index is 0.0318. The van der Waals surface area contributed by atoms with E-state index in [1.807, 2.05) is 34.1 Å². The number of hydrogen-bond acceptors (Lipinski definition) is 2. The fraction of sp³-hybridized carbons (Fsp3) is 0.500. The average molecular weight is 326 g/mol. The standard InChI is InChI=1S/C20H26N2O2/c1-3-15(4-2)14-22-18-10-6-5-9-16(18)17(20(22)24)13-19(23)21-11-7-8-12-21/h5-6,9-10,13,15H,3-4,7-8,11-12,14H2,1-2H3. The predicted molar refractivity (Wildman–Crippen MR) is 96.7 cm³/mol. The van der Waals surface area contributed by atoms with E-state index in [1.54, 1.807) is 6.08 Å². The fourth-order valence-corrected chi connectivity index (χ4v) is 3.58. The van der Waals surface area contributed by atoms with Crippen molar-refractivity contribution in [2.45, 2.75) is 39.5 Å². The van der Waals surface area contributed by atoms with Crippen LogP contribution < -0.4 is 4.90 Å². The Hall–Kier alpha value is -2.10. The van der Waals surface area contributed by atoms with Gasteiger partial charge in [0.15, 0.2) is 0 Å². The van der Waals surface area contributed by atoms with Crippen molar-refractivity contribution in [3.63, 3.8) is 0 Å². The molecule has 0 saturated carbocycles. The maximum atomic E-state index is 13.0. The number of anilines is 1. The minimum atomic E-state index is -0.0324. The summed E-state index contributed by atoms with van der Waals surface area (Å²) in [7, 11) is 0. The van der Waals surface area contributed by atoms with Gasteiger partial charge in [0.1, 0.15) is 0 Å². The zero-order valence-electron chi connectivity index (χ0n) is 14.6. The van der Waals surface area contributed by atoms with Crippen molar-refractivity contribution in [1.82, 2.24) is 4.90 Å². The summed E-state index contributed by atoms with van der Waals surface area (Å²) >= 11 is 0. The Bertz CT molecular complexity index is 655. The quantitative estimate of drug-likeness (QED) is 0.777. The van der Waals surface area contributed by atoms with Crippen LogP contribution in [0, 0.1) is 5.92 Å². The van der Waals surface area contributed by atoms with Crippen molar-refractivity contribution in [2.24, 2.45) is 5.92 Å². The first-order valence-corrected chi connectivity index (χ1v) is 9.07. The van der Waals surface area contributed by atoms with E-state index in [4.69, 9.17) is 0 Å². The molecule has 0 unspecified atom stereocenters. The Morgan fingerprint density at radius 2 is 1.83 bits per heavy atom. The highest BCUT2D eigenvalue weighted by Crippen LogP contribution is 2.37. The molecule has 0 radical (unpaired) electrons. The van der Waals surface area contributed by atoms with E-state index in [9.17, 15) is 9.59 Å². The lowest BCUT2D eigenvalue weighted by Crippen LogP contribution is -2.32. The summed E-state index contributed by atoms with van der Waals surface area (Å²) in [6, 6.07) is 7.82. The van der Waals surface area contributed by atoms with Crippen LogP contribution in [0.15, 0.2) is 30.3 Å². The summed E-state index contributed by atoms with van der Waals surface area (Å²) in [6.07, 6.45) is 5.77. The molecule has 0 aromatic heterocycles. The lowest BCUT2D eigenvalue weighted by molar-refractivity contribution is -0.125. The van der Waals surface area contributed by atoms with Gasteiger partial charge in [-0.25, -0.2) is 0 Å². The molecule has 1 aromatic carbocycles. The second-order valence-corrected chi connectivity index (χ2v) is 6.71. The van der Waals surface area contributed by atoms with Crippen LogP contribution in [0.5, 0.6) is 0 Å². The number of carbonyl (C=O) groups excluding carboxylic acids is 2. The highest BCUT2D eigenvalue weighted by atomic mass is 16.2. The van der Waals surface area contributed by atoms with Gasteiger partial charge in [-0.1, -0.05) is 44.9 Å². The number of nitrogens with zero attached hydrogens (tertiary/aromatic N) is 2. The summed E-state index contributed by atoms with van der Waals surface area (Å²) in [4.78, 5) is 29.1. The number of rotatable bonds is 5. The van der Waals surface area contributed by atoms with Crippen LogP contribution in [0.4, 0.5) is 5.69 Å². The topological polar surface area (TPSA) is 40.6 Å². The first kappa shape index (κ1) is 16.7. The Balaban J connectivity index is 1.90. The van der Waals surface area contributed by atoms with Crippen LogP contribution in [0.1, 0.15) is 45.1 Å². The van der Waals surface area contributed by atoms with Crippen LogP contribution in [0.25, 0.3) is 5.57 Å². The molecule has 0 N–H and O–H groups in total. The summed E-state index contributed by atoms with van der Waals surface area (Å²) in [6.45, 7) is 6.65. The van der Waals surface area contributed by atoms with Crippen LogP contribution >= 0.6 is 0 Å². The molecule has 1 fully saturated rings. The third-order valence-corrected chi connectivity index (χ3v) is 5.24. The Kier molecular flexibility index (Phi) is 5.03. The molecule has 2 aliphatic rings. The van der Waals surface area contributed by atoms with Gasteiger partial charge in [0.2, 0.25) is 5.91 Å². The van der Waals surface area contributed by atoms with Crippen molar-refractivity contribution in [3.8, 4) is 0 Å². The number of fused-ring (bicyclic) bond motifs is 1. The second-order valence-electron chi connectivity index (χ2n) is 6.71. The predicted octanol–water partition coefficient (Wildman–Crippen LogP) is 3.48. The molecule has 2 amide bonds. The van der Waals surface area contributed by atoms with Gasteiger partial charge in [-0.15, -0.1) is 0 Å². The van der Waals surface area contributed by atoms with Gasteiger partial charge in [-0.05, 0) is 24.8 Å². The lowest BCUT2D eigenvalue weighted by atomic mass is 10.0. The molecule has 0 spiro atoms. The van der Waals surface area contributed by atoms with Gasteiger partial charge in [0.05, 0.1) is 11.3 Å². The molecule has 2 heterocycles. The van der Waals surface area contributed by atoms with E-state index in [2.05, 4.69) is 13.8 Å². The zero-order valence-corrected chi connectivity index (χ0v) is 14.6. The van der Waals surface area contributed by atoms with Crippen LogP contribution in [-0.2, 0) is 9.59 Å². The Morgan fingerprint density at radius 3 is 2.50 bits per heavy atom. The molecule has 24 heavy (non-hydrogen) atoms. The van der Waals surface area contributed by atoms with Crippen LogP contribution in [0.2, 0.25) is 0 Å². The number of likely N-dealkylation sites (tertiary alicyclic amines) is 1. The van der Waals surface area contributed by atoms with E-state index < -0.39 is 0 Å². The maximum absolute atomic E-state index is 13.0. The van der Waals surface area contributed by atoms with Gasteiger partial charge < -0.3 is 9.80 Å². The smallest absolute Gasteiger partial charge is 0.259 e. The molecule has 128 valence electrons.